The van der Waals surface area contributed by atoms with Gasteiger partial charge in [-0.25, -0.2) is 4.98 Å². The van der Waals surface area contributed by atoms with E-state index in [0.717, 1.165) is 24.0 Å². The summed E-state index contributed by atoms with van der Waals surface area (Å²) in [7, 11) is 0. The number of hydrogen-bond acceptors (Lipinski definition) is 4. The number of aryl methyl sites for hydroxylation is 1. The summed E-state index contributed by atoms with van der Waals surface area (Å²) in [6, 6.07) is 9.85. The summed E-state index contributed by atoms with van der Waals surface area (Å²) in [5.74, 6) is 0.581. The molecule has 1 aromatic heterocycles. The van der Waals surface area contributed by atoms with Crippen LogP contribution in [0.4, 0.5) is 13.2 Å². The zero-order valence-corrected chi connectivity index (χ0v) is 19.4. The minimum Gasteiger partial charge on any atom is -0.393 e. The van der Waals surface area contributed by atoms with E-state index >= 15 is 0 Å². The number of rotatable bonds is 9. The first-order valence-corrected chi connectivity index (χ1v) is 11.7. The summed E-state index contributed by atoms with van der Waals surface area (Å²) < 4.78 is 42.9. The normalized spacial score (nSPS) is 15.1. The Morgan fingerprint density at radius 2 is 1.91 bits per heavy atom. The van der Waals surface area contributed by atoms with E-state index < -0.39 is 17.8 Å². The number of aromatic nitrogens is 2. The van der Waals surface area contributed by atoms with Gasteiger partial charge in [-0.2, -0.15) is 13.2 Å². The van der Waals surface area contributed by atoms with Crippen molar-refractivity contribution in [2.45, 2.75) is 50.3 Å². The molecule has 3 N–H and O–H groups in total. The number of aliphatic hydroxyl groups excluding tert-OH is 1. The van der Waals surface area contributed by atoms with Crippen molar-refractivity contribution in [2.24, 2.45) is 0 Å². The summed E-state index contributed by atoms with van der Waals surface area (Å²) in [5, 5.41) is 10.7. The molecule has 1 unspecified atom stereocenters. The molecule has 176 valence electrons. The first-order valence-electron chi connectivity index (χ1n) is 10.9. The molecule has 0 amide bonds. The largest absolute Gasteiger partial charge is 0.416 e. The van der Waals surface area contributed by atoms with Crippen molar-refractivity contribution in [1.29, 1.82) is 0 Å². The lowest BCUT2D eigenvalue weighted by atomic mass is 9.98. The summed E-state index contributed by atoms with van der Waals surface area (Å²) >= 11 is 10.3. The van der Waals surface area contributed by atoms with Crippen LogP contribution in [0, 0.1) is 0 Å². The number of benzene rings is 2. The lowest BCUT2D eigenvalue weighted by Crippen LogP contribution is -2.14. The lowest BCUT2D eigenvalue weighted by molar-refractivity contribution is -0.138. The lowest BCUT2D eigenvalue weighted by Gasteiger charge is -2.13. The maximum absolute atomic E-state index is 13.4. The van der Waals surface area contributed by atoms with Gasteiger partial charge in [0, 0.05) is 17.1 Å². The first kappa shape index (κ1) is 24.1. The van der Waals surface area contributed by atoms with Gasteiger partial charge in [0.15, 0.2) is 0 Å². The average Bonchev–Trinajstić information content (AvgIpc) is 3.52. The van der Waals surface area contributed by atoms with E-state index in [9.17, 15) is 18.3 Å². The van der Waals surface area contributed by atoms with Crippen LogP contribution in [0.5, 0.6) is 0 Å². The maximum Gasteiger partial charge on any atom is 0.416 e. The standard InChI is InChI=1S/C24H25ClF3N3OS/c25-21-8-5-17(11-15(21)3-6-18(32)9-10-30-33)23-29-13-22(31-23)16-4-7-20(24(26,27)28)19(12-16)14-1-2-14/h4-5,7-8,11-14,18,30,32-33H,1-3,6,9-10H2,(H,29,31). The molecular formula is C24H25ClF3N3OS. The van der Waals surface area contributed by atoms with Crippen molar-refractivity contribution in [3.8, 4) is 22.6 Å². The molecular weight excluding hydrogens is 471 g/mol. The highest BCUT2D eigenvalue weighted by molar-refractivity contribution is 7.78. The molecule has 1 heterocycles. The van der Waals surface area contributed by atoms with Gasteiger partial charge in [-0.05, 0) is 85.0 Å². The highest BCUT2D eigenvalue weighted by atomic mass is 35.5. The van der Waals surface area contributed by atoms with Crippen LogP contribution in [0.25, 0.3) is 22.6 Å². The third kappa shape index (κ3) is 5.93. The van der Waals surface area contributed by atoms with Gasteiger partial charge in [-0.3, -0.25) is 4.72 Å². The molecule has 0 bridgehead atoms. The van der Waals surface area contributed by atoms with E-state index in [4.69, 9.17) is 11.6 Å². The van der Waals surface area contributed by atoms with Crippen molar-refractivity contribution in [2.75, 3.05) is 6.54 Å². The van der Waals surface area contributed by atoms with Gasteiger partial charge in [-0.15, -0.1) is 0 Å². The van der Waals surface area contributed by atoms with Crippen LogP contribution >= 0.6 is 24.4 Å². The third-order valence-electron chi connectivity index (χ3n) is 5.92. The molecule has 1 aliphatic rings. The van der Waals surface area contributed by atoms with Gasteiger partial charge in [0.2, 0.25) is 0 Å². The molecule has 1 fully saturated rings. The summed E-state index contributed by atoms with van der Waals surface area (Å²) in [5.41, 5.74) is 2.86. The molecule has 3 aromatic rings. The number of imidazole rings is 1. The van der Waals surface area contributed by atoms with Crippen LogP contribution < -0.4 is 4.72 Å². The second-order valence-electron chi connectivity index (χ2n) is 8.42. The molecule has 4 rings (SSSR count). The predicted octanol–water partition coefficient (Wildman–Crippen LogP) is 6.41. The molecule has 1 aliphatic carbocycles. The third-order valence-corrected chi connectivity index (χ3v) is 6.51. The zero-order valence-electron chi connectivity index (χ0n) is 17.8. The number of H-pyrrole nitrogens is 1. The molecule has 1 atom stereocenters. The fourth-order valence-electron chi connectivity index (χ4n) is 3.95. The van der Waals surface area contributed by atoms with Gasteiger partial charge >= 0.3 is 6.18 Å². The van der Waals surface area contributed by atoms with Crippen molar-refractivity contribution < 1.29 is 18.3 Å². The molecule has 0 saturated heterocycles. The Morgan fingerprint density at radius 1 is 1.15 bits per heavy atom. The molecule has 2 aromatic carbocycles. The minimum atomic E-state index is -4.36. The summed E-state index contributed by atoms with van der Waals surface area (Å²) in [6.45, 7) is 0.611. The number of aromatic amines is 1. The first-order chi connectivity index (χ1) is 15.8. The van der Waals surface area contributed by atoms with E-state index in [1.54, 1.807) is 18.3 Å². The molecule has 0 radical (unpaired) electrons. The van der Waals surface area contributed by atoms with Crippen molar-refractivity contribution >= 4 is 24.4 Å². The number of halogens is 4. The van der Waals surface area contributed by atoms with Crippen LogP contribution in [0.1, 0.15) is 48.3 Å². The quantitative estimate of drug-likeness (QED) is 0.259. The molecule has 0 spiro atoms. The highest BCUT2D eigenvalue weighted by Gasteiger charge is 2.38. The molecule has 0 aliphatic heterocycles. The fourth-order valence-corrected chi connectivity index (χ4v) is 4.29. The molecule has 9 heteroatoms. The Labute approximate surface area is 201 Å². The van der Waals surface area contributed by atoms with Crippen LogP contribution in [-0.4, -0.2) is 27.7 Å². The Balaban J connectivity index is 1.55. The zero-order chi connectivity index (χ0) is 23.6. The monoisotopic (exact) mass is 495 g/mol. The fraction of sp³-hybridized carbons (Fsp3) is 0.375. The number of hydrogen-bond donors (Lipinski definition) is 4. The minimum absolute atomic E-state index is 0.0262. The van der Waals surface area contributed by atoms with Gasteiger partial charge in [0.25, 0.3) is 0 Å². The van der Waals surface area contributed by atoms with Crippen molar-refractivity contribution in [1.82, 2.24) is 14.7 Å². The van der Waals surface area contributed by atoms with Gasteiger partial charge in [0.1, 0.15) is 5.82 Å². The van der Waals surface area contributed by atoms with Crippen LogP contribution in [0.3, 0.4) is 0 Å². The Hall–Kier alpha value is -2.00. The SMILES string of the molecule is OC(CCNS)CCc1cc(-c2ncc(-c3ccc(C(F)(F)F)c(C4CC4)c3)[nH]2)ccc1Cl. The van der Waals surface area contributed by atoms with Crippen molar-refractivity contribution in [3.05, 3.63) is 64.3 Å². The van der Waals surface area contributed by atoms with Gasteiger partial charge in [-0.1, -0.05) is 30.5 Å². The second-order valence-corrected chi connectivity index (χ2v) is 9.14. The number of nitrogens with zero attached hydrogens (tertiary/aromatic N) is 1. The number of alkyl halides is 3. The van der Waals surface area contributed by atoms with E-state index in [2.05, 4.69) is 27.5 Å². The second kappa shape index (κ2) is 10.1. The highest BCUT2D eigenvalue weighted by Crippen LogP contribution is 2.47. The average molecular weight is 496 g/mol. The Morgan fingerprint density at radius 3 is 2.61 bits per heavy atom. The molecule has 4 nitrogen and oxygen atoms in total. The molecule has 1 saturated carbocycles. The maximum atomic E-state index is 13.4. The Kier molecular flexibility index (Phi) is 7.38. The van der Waals surface area contributed by atoms with Crippen molar-refractivity contribution in [3.63, 3.8) is 0 Å². The summed E-state index contributed by atoms with van der Waals surface area (Å²) in [4.78, 5) is 7.67. The smallest absolute Gasteiger partial charge is 0.393 e. The van der Waals surface area contributed by atoms with E-state index in [1.165, 1.54) is 12.1 Å². The van der Waals surface area contributed by atoms with Gasteiger partial charge < -0.3 is 10.1 Å². The van der Waals surface area contributed by atoms with E-state index in [-0.39, 0.29) is 5.92 Å². The van der Waals surface area contributed by atoms with Crippen LogP contribution in [0.15, 0.2) is 42.6 Å². The van der Waals surface area contributed by atoms with Gasteiger partial charge in [0.05, 0.1) is 23.6 Å². The van der Waals surface area contributed by atoms with E-state index in [0.29, 0.717) is 53.5 Å². The number of thiol groups is 1. The predicted molar refractivity (Wildman–Crippen MR) is 127 cm³/mol. The summed E-state index contributed by atoms with van der Waals surface area (Å²) in [6.07, 6.45) is 0.166. The van der Waals surface area contributed by atoms with Crippen LogP contribution in [0.2, 0.25) is 5.02 Å². The Bertz CT molecular complexity index is 1110. The van der Waals surface area contributed by atoms with E-state index in [1.807, 2.05) is 12.1 Å². The van der Waals surface area contributed by atoms with Crippen LogP contribution in [-0.2, 0) is 12.6 Å². The molecule has 33 heavy (non-hydrogen) atoms. The number of nitrogens with one attached hydrogen (secondary N) is 2. The topological polar surface area (TPSA) is 60.9 Å². The number of aliphatic hydroxyl groups is 1.